The number of piperidine rings is 1. The van der Waals surface area contributed by atoms with Gasteiger partial charge in [-0.1, -0.05) is 11.6 Å². The molecule has 1 fully saturated rings. The first-order chi connectivity index (χ1) is 17.2. The molecule has 2 aromatic heterocycles. The van der Waals surface area contributed by atoms with Gasteiger partial charge < -0.3 is 9.64 Å². The summed E-state index contributed by atoms with van der Waals surface area (Å²) in [6.45, 7) is 1.31. The third-order valence-electron chi connectivity index (χ3n) is 6.05. The summed E-state index contributed by atoms with van der Waals surface area (Å²) in [6, 6.07) is 11.2. The summed E-state index contributed by atoms with van der Waals surface area (Å²) in [5, 5.41) is 16.4. The summed E-state index contributed by atoms with van der Waals surface area (Å²) in [5.74, 6) is 0.416. The van der Waals surface area contributed by atoms with Gasteiger partial charge in [0.2, 0.25) is 5.88 Å². The molecule has 2 aromatic carbocycles. The molecule has 0 saturated carbocycles. The Hall–Kier alpha value is -3.77. The van der Waals surface area contributed by atoms with Crippen molar-refractivity contribution in [2.75, 3.05) is 24.2 Å². The second-order valence-corrected chi connectivity index (χ2v) is 10.9. The first kappa shape index (κ1) is 23.9. The minimum Gasteiger partial charge on any atom is -0.474 e. The fraction of sp³-hybridized carbons (Fsp3) is 0.261. The van der Waals surface area contributed by atoms with Gasteiger partial charge in [-0.05, 0) is 36.4 Å². The molecule has 11 nitrogen and oxygen atoms in total. The summed E-state index contributed by atoms with van der Waals surface area (Å²) < 4.78 is 31.3. The van der Waals surface area contributed by atoms with E-state index in [9.17, 15) is 18.5 Å². The molecular weight excluding hydrogens is 508 g/mol. The molecule has 0 N–H and O–H groups in total. The highest BCUT2D eigenvalue weighted by Crippen LogP contribution is 2.32. The second kappa shape index (κ2) is 9.36. The average molecular weight is 529 g/mol. The van der Waals surface area contributed by atoms with Crippen molar-refractivity contribution in [2.45, 2.75) is 23.8 Å². The Morgan fingerprint density at radius 2 is 1.78 bits per heavy atom. The average Bonchev–Trinajstić information content (AvgIpc) is 3.29. The maximum absolute atomic E-state index is 11.7. The van der Waals surface area contributed by atoms with Crippen LogP contribution < -0.4 is 9.64 Å². The lowest BCUT2D eigenvalue weighted by atomic mass is 10.1. The summed E-state index contributed by atoms with van der Waals surface area (Å²) in [6.07, 6.45) is 5.48. The third-order valence-corrected chi connectivity index (χ3v) is 7.50. The molecule has 5 rings (SSSR count). The van der Waals surface area contributed by atoms with E-state index in [4.69, 9.17) is 16.3 Å². The van der Waals surface area contributed by atoms with Crippen molar-refractivity contribution >= 4 is 43.8 Å². The van der Waals surface area contributed by atoms with Crippen molar-refractivity contribution in [3.05, 3.63) is 70.1 Å². The highest BCUT2D eigenvalue weighted by molar-refractivity contribution is 7.90. The van der Waals surface area contributed by atoms with E-state index in [1.807, 2.05) is 0 Å². The van der Waals surface area contributed by atoms with Gasteiger partial charge in [0, 0.05) is 43.9 Å². The second-order valence-electron chi connectivity index (χ2n) is 8.44. The van der Waals surface area contributed by atoms with Crippen LogP contribution in [0, 0.1) is 10.1 Å². The summed E-state index contributed by atoms with van der Waals surface area (Å²) in [7, 11) is -3.30. The Labute approximate surface area is 211 Å². The molecule has 13 heteroatoms. The number of benzene rings is 2. The van der Waals surface area contributed by atoms with Crippen molar-refractivity contribution in [2.24, 2.45) is 0 Å². The Bertz CT molecular complexity index is 1550. The Balaban J connectivity index is 1.31. The maximum atomic E-state index is 11.7. The number of anilines is 1. The van der Waals surface area contributed by atoms with E-state index in [2.05, 4.69) is 20.0 Å². The predicted octanol–water partition coefficient (Wildman–Crippen LogP) is 3.83. The lowest BCUT2D eigenvalue weighted by molar-refractivity contribution is -0.384. The van der Waals surface area contributed by atoms with Crippen LogP contribution in [0.25, 0.3) is 16.7 Å². The van der Waals surface area contributed by atoms with Gasteiger partial charge in [0.25, 0.3) is 5.69 Å². The largest absolute Gasteiger partial charge is 0.474 e. The summed E-state index contributed by atoms with van der Waals surface area (Å²) >= 11 is 5.93. The van der Waals surface area contributed by atoms with Crippen molar-refractivity contribution < 1.29 is 18.1 Å². The van der Waals surface area contributed by atoms with E-state index in [0.29, 0.717) is 48.5 Å². The number of ether oxygens (including phenoxy) is 1. The Kier molecular flexibility index (Phi) is 6.22. The molecule has 0 radical (unpaired) electrons. The monoisotopic (exact) mass is 528 g/mol. The smallest absolute Gasteiger partial charge is 0.289 e. The molecule has 1 saturated heterocycles. The fourth-order valence-electron chi connectivity index (χ4n) is 4.17. The molecule has 3 heterocycles. The number of aromatic nitrogens is 4. The summed E-state index contributed by atoms with van der Waals surface area (Å²) in [5.41, 5.74) is 1.83. The minimum absolute atomic E-state index is 0.0981. The molecule has 186 valence electrons. The quantitative estimate of drug-likeness (QED) is 0.270. The molecule has 4 aromatic rings. The lowest BCUT2D eigenvalue weighted by Crippen LogP contribution is -2.38. The number of hydrogen-bond donors (Lipinski definition) is 0. The number of nitro groups is 1. The molecule has 0 aliphatic carbocycles. The van der Waals surface area contributed by atoms with Crippen LogP contribution in [-0.2, 0) is 9.84 Å². The fourth-order valence-corrected chi connectivity index (χ4v) is 4.98. The van der Waals surface area contributed by atoms with Crippen LogP contribution in [-0.4, -0.2) is 58.5 Å². The van der Waals surface area contributed by atoms with Gasteiger partial charge in [-0.3, -0.25) is 10.1 Å². The zero-order chi connectivity index (χ0) is 25.4. The molecule has 36 heavy (non-hydrogen) atoms. The van der Waals surface area contributed by atoms with E-state index in [0.717, 1.165) is 11.9 Å². The van der Waals surface area contributed by atoms with Crippen LogP contribution >= 0.6 is 11.6 Å². The number of sulfone groups is 1. The third kappa shape index (κ3) is 4.69. The molecular formula is C23H21ClN6O5S. The molecule has 0 atom stereocenters. The Morgan fingerprint density at radius 1 is 1.08 bits per heavy atom. The van der Waals surface area contributed by atoms with Gasteiger partial charge in [0.05, 0.1) is 21.7 Å². The van der Waals surface area contributed by atoms with Crippen LogP contribution in [0.5, 0.6) is 5.88 Å². The van der Waals surface area contributed by atoms with E-state index >= 15 is 0 Å². The Morgan fingerprint density at radius 3 is 2.44 bits per heavy atom. The van der Waals surface area contributed by atoms with Gasteiger partial charge in [0.15, 0.2) is 15.5 Å². The first-order valence-corrected chi connectivity index (χ1v) is 13.3. The normalized spacial score (nSPS) is 14.8. The SMILES string of the molecule is CS(=O)(=O)c1ccc(-n2ncc3c(OC4CCN(c5ccc(Cl)c([N+](=O)[O-])c5)CC4)ncnc32)cc1. The van der Waals surface area contributed by atoms with E-state index in [1.165, 1.54) is 24.5 Å². The highest BCUT2D eigenvalue weighted by atomic mass is 35.5. The van der Waals surface area contributed by atoms with Crippen molar-refractivity contribution in [1.29, 1.82) is 0 Å². The van der Waals surface area contributed by atoms with E-state index in [-0.39, 0.29) is 21.7 Å². The molecule has 1 aliphatic rings. The van der Waals surface area contributed by atoms with E-state index < -0.39 is 14.8 Å². The number of hydrogen-bond acceptors (Lipinski definition) is 9. The lowest BCUT2D eigenvalue weighted by Gasteiger charge is -2.33. The molecule has 0 amide bonds. The molecule has 0 bridgehead atoms. The number of halogens is 1. The van der Waals surface area contributed by atoms with Crippen LogP contribution in [0.4, 0.5) is 11.4 Å². The zero-order valence-corrected chi connectivity index (χ0v) is 20.7. The van der Waals surface area contributed by atoms with Crippen LogP contribution in [0.3, 0.4) is 0 Å². The number of nitro benzene ring substituents is 1. The number of nitrogens with zero attached hydrogens (tertiary/aromatic N) is 6. The topological polar surface area (TPSA) is 133 Å². The highest BCUT2D eigenvalue weighted by Gasteiger charge is 2.24. The van der Waals surface area contributed by atoms with Crippen molar-refractivity contribution in [3.8, 4) is 11.6 Å². The van der Waals surface area contributed by atoms with Gasteiger partial charge in [-0.25, -0.2) is 23.1 Å². The molecule has 1 aliphatic heterocycles. The van der Waals surface area contributed by atoms with Gasteiger partial charge in [-0.2, -0.15) is 5.10 Å². The predicted molar refractivity (Wildman–Crippen MR) is 134 cm³/mol. The van der Waals surface area contributed by atoms with Crippen LogP contribution in [0.1, 0.15) is 12.8 Å². The zero-order valence-electron chi connectivity index (χ0n) is 19.1. The van der Waals surface area contributed by atoms with Gasteiger partial charge in [-0.15, -0.1) is 0 Å². The minimum atomic E-state index is -3.30. The van der Waals surface area contributed by atoms with Crippen LogP contribution in [0.15, 0.2) is 59.9 Å². The van der Waals surface area contributed by atoms with E-state index in [1.54, 1.807) is 35.1 Å². The summed E-state index contributed by atoms with van der Waals surface area (Å²) in [4.78, 5) is 21.7. The van der Waals surface area contributed by atoms with Gasteiger partial charge in [0.1, 0.15) is 22.8 Å². The van der Waals surface area contributed by atoms with Crippen molar-refractivity contribution in [1.82, 2.24) is 19.7 Å². The number of rotatable bonds is 6. The van der Waals surface area contributed by atoms with Gasteiger partial charge >= 0.3 is 0 Å². The standard InChI is InChI=1S/C23H21ClN6O5S/c1-36(33,34)18-5-2-15(3-6-18)29-22-19(13-27-29)23(26-14-25-22)35-17-8-10-28(11-9-17)16-4-7-20(24)21(12-16)30(31)32/h2-7,12-14,17H,8-11H2,1H3. The maximum Gasteiger partial charge on any atom is 0.289 e. The molecule has 0 spiro atoms. The first-order valence-electron chi connectivity index (χ1n) is 11.1. The van der Waals surface area contributed by atoms with Crippen molar-refractivity contribution in [3.63, 3.8) is 0 Å². The number of fused-ring (bicyclic) bond motifs is 1. The molecule has 0 unspecified atom stereocenters. The van der Waals surface area contributed by atoms with Crippen LogP contribution in [0.2, 0.25) is 5.02 Å².